The van der Waals surface area contributed by atoms with Crippen LogP contribution in [0.5, 0.6) is 5.75 Å². The topological polar surface area (TPSA) is 218 Å². The third-order valence-electron chi connectivity index (χ3n) is 4.87. The second kappa shape index (κ2) is 14.3. The van der Waals surface area contributed by atoms with Gasteiger partial charge in [-0.2, -0.15) is 0 Å². The number of nitrogens with zero attached hydrogens (tertiary/aromatic N) is 3. The third kappa shape index (κ3) is 9.34. The average Bonchev–Trinajstić information content (AvgIpc) is 2.76. The number of rotatable bonds is 8. The molecule has 0 aromatic heterocycles. The van der Waals surface area contributed by atoms with Crippen molar-refractivity contribution < 1.29 is 104 Å². The number of Topliss-reactive ketones (excluding diaryl/α,β-unsaturated/α-hetero) is 1. The smallest absolute Gasteiger partial charge is 0.744 e. The maximum Gasteiger partial charge on any atom is 1.00 e. The summed E-state index contributed by atoms with van der Waals surface area (Å²) in [4.78, 5) is 22.4. The molecule has 0 saturated carbocycles. The van der Waals surface area contributed by atoms with Crippen LogP contribution in [0.1, 0.15) is 13.3 Å². The van der Waals surface area contributed by atoms with Gasteiger partial charge in [-0.3, -0.25) is 9.59 Å². The Morgan fingerprint density at radius 2 is 1.55 bits per heavy atom. The van der Waals surface area contributed by atoms with Crippen molar-refractivity contribution in [2.75, 3.05) is 36.5 Å². The average molecular weight is 587 g/mol. The zero-order valence-electron chi connectivity index (χ0n) is 20.7. The van der Waals surface area contributed by atoms with E-state index in [9.17, 15) is 40.6 Å². The molecule has 0 bridgehead atoms. The SMILES string of the molecule is CC(=O)CC(=O)Nc1ccc(N=Nc2cc(S(=O)(=O)[O-])c(N3CCOCC3)cc2S(=O)(=O)[O-])c(O)c1.[Na+].[Na+]. The summed E-state index contributed by atoms with van der Waals surface area (Å²) in [6.45, 7) is 1.89. The Bertz CT molecular complexity index is 1440. The molecule has 1 aliphatic heterocycles. The molecule has 0 spiro atoms. The van der Waals surface area contributed by atoms with Gasteiger partial charge in [-0.1, -0.05) is 0 Å². The molecule has 1 amide bonds. The second-order valence-electron chi connectivity index (χ2n) is 7.63. The molecular weight excluding hydrogens is 566 g/mol. The summed E-state index contributed by atoms with van der Waals surface area (Å²) in [6, 6.07) is 4.94. The van der Waals surface area contributed by atoms with Gasteiger partial charge in [-0.25, -0.2) is 16.8 Å². The molecule has 2 aromatic carbocycles. The summed E-state index contributed by atoms with van der Waals surface area (Å²) < 4.78 is 76.7. The molecule has 194 valence electrons. The number of azo groups is 1. The van der Waals surface area contributed by atoms with Gasteiger partial charge in [-0.15, -0.1) is 10.2 Å². The molecule has 1 saturated heterocycles. The Labute approximate surface area is 262 Å². The van der Waals surface area contributed by atoms with E-state index in [-0.39, 0.29) is 115 Å². The van der Waals surface area contributed by atoms with Crippen molar-refractivity contribution in [3.05, 3.63) is 30.3 Å². The van der Waals surface area contributed by atoms with Gasteiger partial charge in [0.25, 0.3) is 0 Å². The van der Waals surface area contributed by atoms with E-state index in [0.717, 1.165) is 12.1 Å². The number of phenolic OH excluding ortho intramolecular Hbond substituents is 1. The van der Waals surface area contributed by atoms with E-state index in [1.54, 1.807) is 0 Å². The maximum atomic E-state index is 11.9. The minimum absolute atomic E-state index is 0. The van der Waals surface area contributed by atoms with Crippen molar-refractivity contribution in [2.24, 2.45) is 10.2 Å². The molecule has 38 heavy (non-hydrogen) atoms. The monoisotopic (exact) mass is 586 g/mol. The number of ketones is 1. The van der Waals surface area contributed by atoms with Crippen LogP contribution in [-0.4, -0.2) is 69.0 Å². The molecule has 0 aliphatic carbocycles. The predicted octanol–water partition coefficient (Wildman–Crippen LogP) is -4.62. The Balaban J connectivity index is 0.00000361. The van der Waals surface area contributed by atoms with Crippen molar-refractivity contribution in [1.29, 1.82) is 0 Å². The van der Waals surface area contributed by atoms with Crippen LogP contribution >= 0.6 is 0 Å². The van der Waals surface area contributed by atoms with Gasteiger partial charge in [-0.05, 0) is 31.2 Å². The molecule has 1 aliphatic rings. The Morgan fingerprint density at radius 3 is 2.08 bits per heavy atom. The maximum absolute atomic E-state index is 11.9. The summed E-state index contributed by atoms with van der Waals surface area (Å²) in [5, 5.41) is 19.8. The van der Waals surface area contributed by atoms with Gasteiger partial charge >= 0.3 is 59.1 Å². The van der Waals surface area contributed by atoms with Crippen LogP contribution in [0.2, 0.25) is 0 Å². The van der Waals surface area contributed by atoms with Crippen LogP contribution < -0.4 is 69.3 Å². The van der Waals surface area contributed by atoms with Crippen LogP contribution in [0, 0.1) is 0 Å². The van der Waals surface area contributed by atoms with Crippen LogP contribution in [0.25, 0.3) is 0 Å². The Hall–Kier alpha value is -1.44. The van der Waals surface area contributed by atoms with Crippen molar-refractivity contribution in [3.63, 3.8) is 0 Å². The van der Waals surface area contributed by atoms with Gasteiger partial charge in [0, 0.05) is 24.8 Å². The number of nitrogens with one attached hydrogen (secondary N) is 1. The van der Waals surface area contributed by atoms with Gasteiger partial charge in [0.05, 0.1) is 35.1 Å². The van der Waals surface area contributed by atoms with Crippen LogP contribution in [0.3, 0.4) is 0 Å². The fourth-order valence-corrected chi connectivity index (χ4v) is 4.61. The largest absolute Gasteiger partial charge is 1.00 e. The molecule has 0 radical (unpaired) electrons. The van der Waals surface area contributed by atoms with E-state index in [1.807, 2.05) is 0 Å². The summed E-state index contributed by atoms with van der Waals surface area (Å²) in [7, 11) is -10.3. The zero-order chi connectivity index (χ0) is 26.7. The standard InChI is InChI=1S/C20H22N4O10S2.2Na/c1-12(25)8-20(27)21-13-2-3-14(17(26)9-13)22-23-15-10-19(36(31,32)33)16(11-18(15)35(28,29)30)24-4-6-34-7-5-24;;/h2-3,9-11,26H,4-8H2,1H3,(H,21,27)(H,28,29,30)(H,31,32,33);;/q;2*+1/p-2. The molecule has 1 fully saturated rings. The number of benzene rings is 2. The number of amides is 1. The van der Waals surface area contributed by atoms with Crippen LogP contribution in [0.15, 0.2) is 50.4 Å². The van der Waals surface area contributed by atoms with Crippen LogP contribution in [-0.2, 0) is 34.6 Å². The predicted molar refractivity (Wildman–Crippen MR) is 122 cm³/mol. The van der Waals surface area contributed by atoms with Gasteiger partial charge in [0.2, 0.25) is 5.91 Å². The first-order valence-electron chi connectivity index (χ1n) is 10.2. The van der Waals surface area contributed by atoms with Crippen molar-refractivity contribution in [2.45, 2.75) is 23.1 Å². The number of hydrogen-bond donors (Lipinski definition) is 2. The number of aromatic hydroxyl groups is 1. The first kappa shape index (κ1) is 34.6. The van der Waals surface area contributed by atoms with Gasteiger partial charge in [0.15, 0.2) is 0 Å². The zero-order valence-corrected chi connectivity index (χ0v) is 26.3. The molecule has 1 heterocycles. The van der Waals surface area contributed by atoms with Crippen LogP contribution in [0.4, 0.5) is 22.7 Å². The number of carbonyl (C=O) groups is 2. The first-order chi connectivity index (χ1) is 16.8. The van der Waals surface area contributed by atoms with E-state index in [1.165, 1.54) is 24.0 Å². The fourth-order valence-electron chi connectivity index (χ4n) is 3.29. The van der Waals surface area contributed by atoms with E-state index >= 15 is 0 Å². The normalized spacial score (nSPS) is 13.9. The number of phenols is 1. The molecule has 3 rings (SSSR count). The summed E-state index contributed by atoms with van der Waals surface area (Å²) in [5.41, 5.74) is -1.13. The minimum Gasteiger partial charge on any atom is -0.744 e. The number of carbonyl (C=O) groups excluding carboxylic acids is 2. The molecule has 2 N–H and O–H groups in total. The van der Waals surface area contributed by atoms with E-state index in [0.29, 0.717) is 6.07 Å². The molecule has 18 heteroatoms. The first-order valence-corrected chi connectivity index (χ1v) is 13.0. The number of morpholine rings is 1. The molecule has 0 unspecified atom stereocenters. The second-order valence-corrected chi connectivity index (χ2v) is 10.3. The van der Waals surface area contributed by atoms with E-state index in [4.69, 9.17) is 4.74 Å². The van der Waals surface area contributed by atoms with Gasteiger partial charge in [0.1, 0.15) is 43.1 Å². The van der Waals surface area contributed by atoms with E-state index in [2.05, 4.69) is 15.5 Å². The molecule has 0 atom stereocenters. The molecule has 2 aromatic rings. The Morgan fingerprint density at radius 1 is 0.974 bits per heavy atom. The quantitative estimate of drug-likeness (QED) is 0.130. The summed E-state index contributed by atoms with van der Waals surface area (Å²) in [6.07, 6.45) is -0.375. The number of ether oxygens (including phenoxy) is 1. The van der Waals surface area contributed by atoms with Crippen molar-refractivity contribution in [1.82, 2.24) is 0 Å². The van der Waals surface area contributed by atoms with Crippen molar-refractivity contribution in [3.8, 4) is 5.75 Å². The third-order valence-corrected chi connectivity index (χ3v) is 6.60. The number of anilines is 2. The fraction of sp³-hybridized carbons (Fsp3) is 0.300. The van der Waals surface area contributed by atoms with Gasteiger partial charge < -0.3 is 29.2 Å². The molecule has 14 nitrogen and oxygen atoms in total. The van der Waals surface area contributed by atoms with E-state index < -0.39 is 47.4 Å². The summed E-state index contributed by atoms with van der Waals surface area (Å²) in [5.74, 6) is -1.51. The van der Waals surface area contributed by atoms with Crippen molar-refractivity contribution >= 4 is 54.7 Å². The minimum atomic E-state index is -5.20. The number of hydrogen-bond acceptors (Lipinski definition) is 13. The molecular formula is C20H20N4Na2O10S2. The summed E-state index contributed by atoms with van der Waals surface area (Å²) >= 11 is 0. The Kier molecular flexibility index (Phi) is 13.0.